The highest BCUT2D eigenvalue weighted by Gasteiger charge is 2.44. The lowest BCUT2D eigenvalue weighted by atomic mass is 9.86. The van der Waals surface area contributed by atoms with Crippen molar-refractivity contribution in [2.75, 3.05) is 0 Å². The number of fused-ring (bicyclic) bond motifs is 5. The minimum atomic E-state index is 0.925. The summed E-state index contributed by atoms with van der Waals surface area (Å²) in [6.07, 6.45) is 12.5. The van der Waals surface area contributed by atoms with Crippen LogP contribution in [0, 0.1) is 23.7 Å². The maximum Gasteiger partial charge on any atom is -0.0133 e. The molecule has 0 heterocycles. The van der Waals surface area contributed by atoms with Crippen LogP contribution < -0.4 is 0 Å². The van der Waals surface area contributed by atoms with Gasteiger partial charge in [-0.05, 0) is 36.5 Å². The standard InChI is InChI=1S/C10H12/c1-2-9-7-4-5-8(6-7)10(9)3-1/h1-2,4-5,7-10H,3,6H2/t7?,8-,9+,10-/m0/s1. The van der Waals surface area contributed by atoms with E-state index in [4.69, 9.17) is 0 Å². The lowest BCUT2D eigenvalue weighted by Gasteiger charge is -2.18. The number of allylic oxidation sites excluding steroid dienone is 4. The molecule has 0 aromatic carbocycles. The summed E-state index contributed by atoms with van der Waals surface area (Å²) in [6, 6.07) is 0. The first-order valence-electron chi connectivity index (χ1n) is 4.30. The SMILES string of the molecule is C1=C[C@@H]2C3C=C[C@@H](C3)[C@@H]2C1. The van der Waals surface area contributed by atoms with E-state index in [1.165, 1.54) is 12.8 Å². The predicted octanol–water partition coefficient (Wildman–Crippen LogP) is 2.38. The number of rotatable bonds is 0. The quantitative estimate of drug-likeness (QED) is 0.444. The van der Waals surface area contributed by atoms with Gasteiger partial charge < -0.3 is 0 Å². The summed E-state index contributed by atoms with van der Waals surface area (Å²) in [4.78, 5) is 0. The molecule has 0 amide bonds. The third-order valence-electron chi connectivity index (χ3n) is 3.46. The zero-order valence-corrected chi connectivity index (χ0v) is 6.03. The summed E-state index contributed by atoms with van der Waals surface area (Å²) in [5.74, 6) is 3.82. The first kappa shape index (κ1) is 5.17. The van der Waals surface area contributed by atoms with E-state index in [9.17, 15) is 0 Å². The van der Waals surface area contributed by atoms with Gasteiger partial charge in [0.2, 0.25) is 0 Å². The van der Waals surface area contributed by atoms with E-state index in [0.717, 1.165) is 23.7 Å². The Bertz CT molecular complexity index is 212. The smallest absolute Gasteiger partial charge is 0.0133 e. The van der Waals surface area contributed by atoms with E-state index in [2.05, 4.69) is 24.3 Å². The molecule has 1 saturated carbocycles. The highest BCUT2D eigenvalue weighted by atomic mass is 14.5. The van der Waals surface area contributed by atoms with Crippen molar-refractivity contribution in [2.45, 2.75) is 12.8 Å². The van der Waals surface area contributed by atoms with Crippen molar-refractivity contribution >= 4 is 0 Å². The van der Waals surface area contributed by atoms with Gasteiger partial charge in [0, 0.05) is 0 Å². The third-order valence-corrected chi connectivity index (χ3v) is 3.46. The maximum absolute atomic E-state index is 2.44. The summed E-state index contributed by atoms with van der Waals surface area (Å²) < 4.78 is 0. The summed E-state index contributed by atoms with van der Waals surface area (Å²) >= 11 is 0. The Morgan fingerprint density at radius 1 is 1.00 bits per heavy atom. The van der Waals surface area contributed by atoms with Gasteiger partial charge in [0.05, 0.1) is 0 Å². The van der Waals surface area contributed by atoms with E-state index in [1.807, 2.05) is 0 Å². The molecule has 2 bridgehead atoms. The highest BCUT2D eigenvalue weighted by molar-refractivity contribution is 5.21. The van der Waals surface area contributed by atoms with Crippen LogP contribution in [0.15, 0.2) is 24.3 Å². The summed E-state index contributed by atoms with van der Waals surface area (Å²) in [5, 5.41) is 0. The molecular formula is C10H12. The second kappa shape index (κ2) is 1.55. The van der Waals surface area contributed by atoms with E-state index in [-0.39, 0.29) is 0 Å². The lowest BCUT2D eigenvalue weighted by molar-refractivity contribution is 0.398. The van der Waals surface area contributed by atoms with Crippen molar-refractivity contribution in [1.29, 1.82) is 0 Å². The summed E-state index contributed by atoms with van der Waals surface area (Å²) in [7, 11) is 0. The molecule has 0 aromatic heterocycles. The molecule has 4 atom stereocenters. The topological polar surface area (TPSA) is 0 Å². The average Bonchev–Trinajstić information content (AvgIpc) is 2.60. The minimum Gasteiger partial charge on any atom is -0.0879 e. The second-order valence-corrected chi connectivity index (χ2v) is 3.85. The van der Waals surface area contributed by atoms with E-state index < -0.39 is 0 Å². The van der Waals surface area contributed by atoms with Crippen molar-refractivity contribution in [1.82, 2.24) is 0 Å². The van der Waals surface area contributed by atoms with Crippen LogP contribution in [-0.4, -0.2) is 0 Å². The Kier molecular flexibility index (Phi) is 0.803. The number of hydrogen-bond donors (Lipinski definition) is 0. The largest absolute Gasteiger partial charge is 0.0879 e. The number of hydrogen-bond acceptors (Lipinski definition) is 0. The van der Waals surface area contributed by atoms with Crippen molar-refractivity contribution in [3.63, 3.8) is 0 Å². The van der Waals surface area contributed by atoms with Gasteiger partial charge in [-0.2, -0.15) is 0 Å². The normalized spacial score (nSPS) is 54.4. The van der Waals surface area contributed by atoms with Crippen LogP contribution in [-0.2, 0) is 0 Å². The second-order valence-electron chi connectivity index (χ2n) is 3.85. The minimum absolute atomic E-state index is 0.925. The fourth-order valence-corrected chi connectivity index (χ4v) is 2.97. The molecule has 1 unspecified atom stereocenters. The Morgan fingerprint density at radius 2 is 1.90 bits per heavy atom. The van der Waals surface area contributed by atoms with Gasteiger partial charge in [0.1, 0.15) is 0 Å². The van der Waals surface area contributed by atoms with Crippen molar-refractivity contribution in [2.24, 2.45) is 23.7 Å². The molecule has 10 heavy (non-hydrogen) atoms. The zero-order chi connectivity index (χ0) is 6.55. The first-order valence-corrected chi connectivity index (χ1v) is 4.30. The van der Waals surface area contributed by atoms with Crippen LogP contribution >= 0.6 is 0 Å². The van der Waals surface area contributed by atoms with Gasteiger partial charge in [-0.25, -0.2) is 0 Å². The Balaban J connectivity index is 2.04. The summed E-state index contributed by atoms with van der Waals surface area (Å²) in [5.41, 5.74) is 0. The lowest BCUT2D eigenvalue weighted by Crippen LogP contribution is -2.12. The molecule has 0 nitrogen and oxygen atoms in total. The zero-order valence-electron chi connectivity index (χ0n) is 6.03. The van der Waals surface area contributed by atoms with Gasteiger partial charge in [0.15, 0.2) is 0 Å². The van der Waals surface area contributed by atoms with Crippen molar-refractivity contribution < 1.29 is 0 Å². The monoisotopic (exact) mass is 132 g/mol. The Morgan fingerprint density at radius 3 is 2.80 bits per heavy atom. The average molecular weight is 132 g/mol. The van der Waals surface area contributed by atoms with Crippen LogP contribution in [0.2, 0.25) is 0 Å². The molecule has 1 fully saturated rings. The fourth-order valence-electron chi connectivity index (χ4n) is 2.97. The molecule has 3 aliphatic carbocycles. The summed E-state index contributed by atoms with van der Waals surface area (Å²) in [6.45, 7) is 0. The van der Waals surface area contributed by atoms with Gasteiger partial charge in [-0.15, -0.1) is 0 Å². The van der Waals surface area contributed by atoms with Gasteiger partial charge in [-0.1, -0.05) is 24.3 Å². The van der Waals surface area contributed by atoms with Crippen molar-refractivity contribution in [3.05, 3.63) is 24.3 Å². The van der Waals surface area contributed by atoms with Crippen molar-refractivity contribution in [3.8, 4) is 0 Å². The molecule has 0 spiro atoms. The molecule has 0 aromatic rings. The van der Waals surface area contributed by atoms with Gasteiger partial charge in [0.25, 0.3) is 0 Å². The molecule has 3 aliphatic rings. The van der Waals surface area contributed by atoms with Crippen LogP contribution in [0.4, 0.5) is 0 Å². The molecule has 0 N–H and O–H groups in total. The molecular weight excluding hydrogens is 120 g/mol. The van der Waals surface area contributed by atoms with Crippen LogP contribution in [0.3, 0.4) is 0 Å². The molecule has 0 saturated heterocycles. The molecule has 0 heteroatoms. The fraction of sp³-hybridized carbons (Fsp3) is 0.600. The van der Waals surface area contributed by atoms with Gasteiger partial charge >= 0.3 is 0 Å². The van der Waals surface area contributed by atoms with Gasteiger partial charge in [-0.3, -0.25) is 0 Å². The molecule has 3 rings (SSSR count). The predicted molar refractivity (Wildman–Crippen MR) is 41.5 cm³/mol. The van der Waals surface area contributed by atoms with Crippen LogP contribution in [0.1, 0.15) is 12.8 Å². The molecule has 52 valence electrons. The van der Waals surface area contributed by atoms with E-state index >= 15 is 0 Å². The van der Waals surface area contributed by atoms with E-state index in [1.54, 1.807) is 0 Å². The van der Waals surface area contributed by atoms with Crippen LogP contribution in [0.5, 0.6) is 0 Å². The molecule has 0 radical (unpaired) electrons. The Hall–Kier alpha value is -0.520. The third kappa shape index (κ3) is 0.448. The van der Waals surface area contributed by atoms with Crippen LogP contribution in [0.25, 0.3) is 0 Å². The first-order chi connectivity index (χ1) is 4.95. The molecule has 0 aliphatic heterocycles. The Labute approximate surface area is 61.6 Å². The van der Waals surface area contributed by atoms with E-state index in [0.29, 0.717) is 0 Å². The maximum atomic E-state index is 2.44. The highest BCUT2D eigenvalue weighted by Crippen LogP contribution is 2.52.